The van der Waals surface area contributed by atoms with Gasteiger partial charge in [0.1, 0.15) is 11.5 Å². The summed E-state index contributed by atoms with van der Waals surface area (Å²) in [4.78, 5) is 0. The van der Waals surface area contributed by atoms with Gasteiger partial charge in [0.05, 0.1) is 24.4 Å². The van der Waals surface area contributed by atoms with Crippen LogP contribution < -0.4 is 4.74 Å². The van der Waals surface area contributed by atoms with Crippen LogP contribution in [0.3, 0.4) is 0 Å². The van der Waals surface area contributed by atoms with E-state index < -0.39 is 0 Å². The van der Waals surface area contributed by atoms with E-state index >= 15 is 0 Å². The number of fused-ring (bicyclic) bond motifs is 3. The third kappa shape index (κ3) is 2.29. The monoisotopic (exact) mass is 316 g/mol. The molecule has 0 spiro atoms. The fourth-order valence-corrected chi connectivity index (χ4v) is 2.91. The lowest BCUT2D eigenvalue weighted by atomic mass is 10.2. The molecular weight excluding hydrogens is 300 g/mol. The molecule has 0 fully saturated rings. The molecule has 0 saturated heterocycles. The Kier molecular flexibility index (Phi) is 3.43. The SMILES string of the molecule is COc1ccc(O)c(C=Nn2c3ccccc3c3ccccc32)c1. The van der Waals surface area contributed by atoms with Gasteiger partial charge in [0.15, 0.2) is 0 Å². The summed E-state index contributed by atoms with van der Waals surface area (Å²) in [7, 11) is 1.60. The minimum atomic E-state index is 0.167. The predicted octanol–water partition coefficient (Wildman–Crippen LogP) is 4.39. The number of aromatic hydroxyl groups is 1. The van der Waals surface area contributed by atoms with Gasteiger partial charge >= 0.3 is 0 Å². The summed E-state index contributed by atoms with van der Waals surface area (Å²) in [6.45, 7) is 0. The third-order valence-corrected chi connectivity index (χ3v) is 4.10. The van der Waals surface area contributed by atoms with Crippen molar-refractivity contribution in [1.29, 1.82) is 0 Å². The highest BCUT2D eigenvalue weighted by Gasteiger charge is 2.08. The van der Waals surface area contributed by atoms with Gasteiger partial charge in [-0.15, -0.1) is 0 Å². The molecule has 0 amide bonds. The molecule has 1 N–H and O–H groups in total. The van der Waals surface area contributed by atoms with Crippen LogP contribution in [0, 0.1) is 0 Å². The summed E-state index contributed by atoms with van der Waals surface area (Å²) in [6.07, 6.45) is 1.65. The topological polar surface area (TPSA) is 46.8 Å². The van der Waals surface area contributed by atoms with Crippen molar-refractivity contribution in [1.82, 2.24) is 4.68 Å². The van der Waals surface area contributed by atoms with Crippen LogP contribution in [-0.4, -0.2) is 23.1 Å². The van der Waals surface area contributed by atoms with Gasteiger partial charge in [0.2, 0.25) is 0 Å². The first-order chi connectivity index (χ1) is 11.8. The number of nitrogens with zero attached hydrogens (tertiary/aromatic N) is 2. The second kappa shape index (κ2) is 5.74. The van der Waals surface area contributed by atoms with Gasteiger partial charge in [-0.1, -0.05) is 36.4 Å². The van der Waals surface area contributed by atoms with E-state index in [1.165, 1.54) is 0 Å². The number of aromatic nitrogens is 1. The lowest BCUT2D eigenvalue weighted by molar-refractivity contribution is 0.412. The lowest BCUT2D eigenvalue weighted by Gasteiger charge is -2.04. The van der Waals surface area contributed by atoms with Crippen LogP contribution in [0.15, 0.2) is 71.8 Å². The summed E-state index contributed by atoms with van der Waals surface area (Å²) in [5, 5.41) is 16.9. The van der Waals surface area contributed by atoms with Crippen molar-refractivity contribution in [3.63, 3.8) is 0 Å². The lowest BCUT2D eigenvalue weighted by Crippen LogP contribution is -1.92. The van der Waals surface area contributed by atoms with Gasteiger partial charge in [-0.05, 0) is 30.3 Å². The Morgan fingerprint density at radius 2 is 1.54 bits per heavy atom. The van der Waals surface area contributed by atoms with Crippen LogP contribution in [0.4, 0.5) is 0 Å². The Balaban J connectivity index is 1.90. The van der Waals surface area contributed by atoms with Gasteiger partial charge in [-0.3, -0.25) is 0 Å². The van der Waals surface area contributed by atoms with Gasteiger partial charge in [0, 0.05) is 16.3 Å². The van der Waals surface area contributed by atoms with Crippen LogP contribution >= 0.6 is 0 Å². The summed E-state index contributed by atoms with van der Waals surface area (Å²) in [6, 6.07) is 21.4. The molecule has 4 heteroatoms. The molecule has 1 aromatic heterocycles. The summed E-state index contributed by atoms with van der Waals surface area (Å²) in [5.74, 6) is 0.844. The van der Waals surface area contributed by atoms with Crippen molar-refractivity contribution in [3.8, 4) is 11.5 Å². The molecule has 24 heavy (non-hydrogen) atoms. The molecular formula is C20H16N2O2. The average molecular weight is 316 g/mol. The van der Waals surface area contributed by atoms with E-state index in [4.69, 9.17) is 4.74 Å². The van der Waals surface area contributed by atoms with Crippen molar-refractivity contribution in [2.45, 2.75) is 0 Å². The largest absolute Gasteiger partial charge is 0.507 e. The van der Waals surface area contributed by atoms with Crippen LogP contribution in [0.5, 0.6) is 11.5 Å². The molecule has 118 valence electrons. The number of benzene rings is 3. The van der Waals surface area contributed by atoms with Gasteiger partial charge in [-0.2, -0.15) is 5.10 Å². The van der Waals surface area contributed by atoms with E-state index in [2.05, 4.69) is 17.2 Å². The molecule has 0 aliphatic rings. The van der Waals surface area contributed by atoms with E-state index in [1.807, 2.05) is 41.1 Å². The number of ether oxygens (including phenoxy) is 1. The second-order valence-corrected chi connectivity index (χ2v) is 5.52. The smallest absolute Gasteiger partial charge is 0.124 e. The molecule has 1 heterocycles. The fourth-order valence-electron chi connectivity index (χ4n) is 2.91. The highest BCUT2D eigenvalue weighted by molar-refractivity contribution is 6.08. The maximum Gasteiger partial charge on any atom is 0.124 e. The van der Waals surface area contributed by atoms with Crippen molar-refractivity contribution in [2.24, 2.45) is 5.10 Å². The zero-order valence-corrected chi connectivity index (χ0v) is 13.2. The number of rotatable bonds is 3. The maximum absolute atomic E-state index is 10.0. The molecule has 0 unspecified atom stereocenters. The van der Waals surface area contributed by atoms with Crippen molar-refractivity contribution in [3.05, 3.63) is 72.3 Å². The molecule has 0 saturated carbocycles. The standard InChI is InChI=1S/C20H16N2O2/c1-24-15-10-11-20(23)14(12-15)13-21-22-18-8-4-2-6-16(18)17-7-3-5-9-19(17)22/h2-13,23H,1H3. The Morgan fingerprint density at radius 1 is 0.917 bits per heavy atom. The first-order valence-electron chi connectivity index (χ1n) is 7.67. The van der Waals surface area contributed by atoms with Gasteiger partial charge in [-0.25, -0.2) is 4.68 Å². The van der Waals surface area contributed by atoms with Crippen LogP contribution in [0.1, 0.15) is 5.56 Å². The zero-order chi connectivity index (χ0) is 16.5. The molecule has 0 bridgehead atoms. The average Bonchev–Trinajstić information content (AvgIpc) is 2.95. The molecule has 3 aromatic carbocycles. The van der Waals surface area contributed by atoms with E-state index in [0.717, 1.165) is 21.8 Å². The zero-order valence-electron chi connectivity index (χ0n) is 13.2. The number of hydrogen-bond donors (Lipinski definition) is 1. The Morgan fingerprint density at radius 3 is 2.17 bits per heavy atom. The van der Waals surface area contributed by atoms with Crippen molar-refractivity contribution < 1.29 is 9.84 Å². The van der Waals surface area contributed by atoms with Gasteiger partial charge < -0.3 is 9.84 Å². The summed E-state index contributed by atoms with van der Waals surface area (Å²) in [5.41, 5.74) is 2.66. The molecule has 0 radical (unpaired) electrons. The normalized spacial score (nSPS) is 11.5. The second-order valence-electron chi connectivity index (χ2n) is 5.52. The number of hydrogen-bond acceptors (Lipinski definition) is 3. The van der Waals surface area contributed by atoms with E-state index in [0.29, 0.717) is 11.3 Å². The first kappa shape index (κ1) is 14.3. The number of para-hydroxylation sites is 2. The molecule has 4 aromatic rings. The third-order valence-electron chi connectivity index (χ3n) is 4.10. The van der Waals surface area contributed by atoms with Crippen molar-refractivity contribution in [2.75, 3.05) is 7.11 Å². The predicted molar refractivity (Wildman–Crippen MR) is 97.1 cm³/mol. The molecule has 0 aliphatic heterocycles. The van der Waals surface area contributed by atoms with Gasteiger partial charge in [0.25, 0.3) is 0 Å². The maximum atomic E-state index is 10.0. The number of phenols is 1. The van der Waals surface area contributed by atoms with Crippen molar-refractivity contribution >= 4 is 28.0 Å². The molecule has 0 aliphatic carbocycles. The highest BCUT2D eigenvalue weighted by Crippen LogP contribution is 2.29. The minimum absolute atomic E-state index is 0.167. The van der Waals surface area contributed by atoms with Crippen LogP contribution in [0.25, 0.3) is 21.8 Å². The van der Waals surface area contributed by atoms with E-state index in [1.54, 1.807) is 31.5 Å². The van der Waals surface area contributed by atoms with Crippen LogP contribution in [0.2, 0.25) is 0 Å². The number of phenolic OH excluding ortho intramolecular Hbond substituents is 1. The van der Waals surface area contributed by atoms with E-state index in [-0.39, 0.29) is 5.75 Å². The molecule has 0 atom stereocenters. The Labute approximate surface area is 139 Å². The highest BCUT2D eigenvalue weighted by atomic mass is 16.5. The Hall–Kier alpha value is -3.27. The number of methoxy groups -OCH3 is 1. The fraction of sp³-hybridized carbons (Fsp3) is 0.0500. The quantitative estimate of drug-likeness (QED) is 0.570. The minimum Gasteiger partial charge on any atom is -0.507 e. The summed E-state index contributed by atoms with van der Waals surface area (Å²) < 4.78 is 7.10. The molecule has 4 rings (SSSR count). The Bertz CT molecular complexity index is 1010. The van der Waals surface area contributed by atoms with E-state index in [9.17, 15) is 5.11 Å². The summed E-state index contributed by atoms with van der Waals surface area (Å²) >= 11 is 0. The first-order valence-corrected chi connectivity index (χ1v) is 7.67. The van der Waals surface area contributed by atoms with Crippen LogP contribution in [-0.2, 0) is 0 Å². The molecule has 4 nitrogen and oxygen atoms in total.